The fraction of sp³-hybridized carbons (Fsp3) is 0.176. The maximum Gasteiger partial charge on any atom is 0.339 e. The van der Waals surface area contributed by atoms with Crippen LogP contribution >= 0.6 is 139 Å². The molecule has 0 bridgehead atoms. The Bertz CT molecular complexity index is 6650. The number of carboxylic acid groups (broad SMARTS) is 3. The van der Waals surface area contributed by atoms with Gasteiger partial charge in [0.2, 0.25) is 0 Å². The SMILES string of the molecule is COc1cc(O)cc(OC)c1.COc1cc(OC)c2c(c1)Oc1cc(Br)ccc1CC2=O.COc1cc(OC)cc(Oc2cc(Br)ccc2C(=O)O)c1.COc1cc(OC)cc(Oc2cc(Br)ccc2CBr)c1.COc1cc(OC)cc(Oc2cc(Br)ccc2CC#N)c1.COc1cc(OC)cc(Oc2cc(Br)ccc2CC(=O)O)c1.COc1cc(OC)cc(Oc2cc(Br)ccc2CO)c1.O=C(O)c1ccc(Br)cc1Cl. The number of methoxy groups -OCH3 is 14. The van der Waals surface area contributed by atoms with E-state index in [1.54, 1.807) is 216 Å². The number of hydrogen-bond acceptors (Lipinski definition) is 27. The topological polar surface area (TPSA) is 378 Å². The first-order valence-corrected chi connectivity index (χ1v) is 49.9. The van der Waals surface area contributed by atoms with Gasteiger partial charge in [-0.05, 0) is 97.1 Å². The quantitative estimate of drug-likeness (QED) is 0.0252. The van der Waals surface area contributed by atoms with Crippen LogP contribution in [0.4, 0.5) is 0 Å². The zero-order valence-electron chi connectivity index (χ0n) is 81.1. The molecule has 0 fully saturated rings. The lowest BCUT2D eigenvalue weighted by atomic mass is 10.0. The van der Waals surface area contributed by atoms with Crippen LogP contribution in [0.5, 0.6) is 155 Å². The van der Waals surface area contributed by atoms with Crippen LogP contribution < -0.4 is 94.7 Å². The highest BCUT2D eigenvalue weighted by atomic mass is 79.9. The number of benzene rings is 14. The summed E-state index contributed by atoms with van der Waals surface area (Å²) < 4.78 is 113. The second-order valence-electron chi connectivity index (χ2n) is 29.6. The van der Waals surface area contributed by atoms with Gasteiger partial charge >= 0.3 is 17.9 Å². The van der Waals surface area contributed by atoms with Crippen molar-refractivity contribution in [1.29, 1.82) is 5.26 Å². The van der Waals surface area contributed by atoms with E-state index < -0.39 is 17.9 Å². The van der Waals surface area contributed by atoms with Crippen LogP contribution in [0.1, 0.15) is 58.9 Å². The van der Waals surface area contributed by atoms with Gasteiger partial charge < -0.3 is 120 Å². The Morgan fingerprint density at radius 3 is 0.952 bits per heavy atom. The van der Waals surface area contributed by atoms with E-state index in [9.17, 15) is 29.4 Å². The predicted molar refractivity (Wildman–Crippen MR) is 584 cm³/mol. The summed E-state index contributed by atoms with van der Waals surface area (Å²) in [6.07, 6.45) is 0.436. The fourth-order valence-electron chi connectivity index (χ4n) is 12.7. The van der Waals surface area contributed by atoms with Crippen LogP contribution in [0.3, 0.4) is 0 Å². The number of aliphatic hydroxyl groups excluding tert-OH is 1. The predicted octanol–water partition coefficient (Wildman–Crippen LogP) is 29.3. The minimum absolute atomic E-state index is 0.0365. The van der Waals surface area contributed by atoms with E-state index >= 15 is 0 Å². The standard InChI is InChI=1S/C16H14BrNO3.C16H15BrO5.C16H13BrO4.C15H14Br2O3.C15H13BrO5.C15H15BrO4.C8H10O3.C7H4BrClO2/c1-19-13-8-14(20-2)10-15(9-13)21-16-7-12(17)4-3-11(16)5-6-18;1-20-12-7-13(21-2)9-14(8-12)22-15-6-11(17)4-3-10(15)5-16(18)19;1-19-11-7-14(20-2)16-12(18)5-9-3-4-10(17)6-13(9)21-15(16)8-11;1-18-12-6-13(19-2)8-14(7-12)20-15-5-11(17)4-3-10(15)9-16;1-19-10-6-11(20-2)8-12(7-10)21-14-5-9(16)3-4-13(14)15(17)18;1-18-12-6-13(19-2)8-14(7-12)20-15-5-11(16)4-3-10(15)9-17;1-10-7-3-6(9)4-8(5-7)11-2;8-4-1-2-5(7(10)11)6(9)3-4/h3-4,7-10H,5H2,1-2H3;3-4,6-9H,5H2,1-2H3,(H,18,19);3-4,6-8H,5H2,1-2H3;3-8H,9H2,1-2H3;3-8H,1-2H3,(H,17,18);3-8,17H,9H2,1-2H3;3-5,9H,1-2H3;1-3H,(H,10,11). The fourth-order valence-corrected chi connectivity index (χ4v) is 15.9. The number of fused-ring (bicyclic) bond motifs is 2. The Morgan fingerprint density at radius 2 is 0.612 bits per heavy atom. The normalized spacial score (nSPS) is 10.4. The highest BCUT2D eigenvalue weighted by Gasteiger charge is 2.27. The number of Topliss-reactive ketones (excluding diaryl/α,β-unsaturated/α-hetero) is 1. The Morgan fingerprint density at radius 1 is 0.327 bits per heavy atom. The molecule has 14 aromatic rings. The van der Waals surface area contributed by atoms with Crippen molar-refractivity contribution in [3.63, 3.8) is 0 Å². The molecule has 30 nitrogen and oxygen atoms in total. The molecular formula is C108H98Br8ClNO29. The molecule has 0 aromatic heterocycles. The third kappa shape index (κ3) is 37.8. The number of nitrogens with zero attached hydrogens (tertiary/aromatic N) is 1. The van der Waals surface area contributed by atoms with Gasteiger partial charge in [-0.25, -0.2) is 9.59 Å². The lowest BCUT2D eigenvalue weighted by Gasteiger charge is -2.13. The van der Waals surface area contributed by atoms with Crippen molar-refractivity contribution in [3.8, 4) is 161 Å². The van der Waals surface area contributed by atoms with E-state index in [0.29, 0.717) is 155 Å². The van der Waals surface area contributed by atoms with E-state index in [1.807, 2.05) is 72.8 Å². The van der Waals surface area contributed by atoms with Gasteiger partial charge in [-0.1, -0.05) is 169 Å². The van der Waals surface area contributed by atoms with Gasteiger partial charge in [0.1, 0.15) is 166 Å². The third-order valence-electron chi connectivity index (χ3n) is 19.9. The Balaban J connectivity index is 0.000000207. The second kappa shape index (κ2) is 60.6. The largest absolute Gasteiger partial charge is 0.508 e. The van der Waals surface area contributed by atoms with Crippen molar-refractivity contribution in [1.82, 2.24) is 0 Å². The maximum absolute atomic E-state index is 12.5. The summed E-state index contributed by atoms with van der Waals surface area (Å²) in [5.41, 5.74) is 4.66. The number of nitriles is 1. The van der Waals surface area contributed by atoms with Crippen LogP contribution in [0.2, 0.25) is 5.02 Å². The Labute approximate surface area is 920 Å². The number of carboxylic acids is 3. The van der Waals surface area contributed by atoms with Crippen LogP contribution in [-0.4, -0.2) is 149 Å². The van der Waals surface area contributed by atoms with Gasteiger partial charge in [-0.15, -0.1) is 0 Å². The van der Waals surface area contributed by atoms with E-state index in [-0.39, 0.29) is 59.3 Å². The highest BCUT2D eigenvalue weighted by molar-refractivity contribution is 9.11. The highest BCUT2D eigenvalue weighted by Crippen LogP contribution is 2.45. The molecule has 0 unspecified atom stereocenters. The van der Waals surface area contributed by atoms with E-state index in [1.165, 1.54) is 59.8 Å². The molecule has 147 heavy (non-hydrogen) atoms. The van der Waals surface area contributed by atoms with Gasteiger partial charge in [-0.2, -0.15) is 5.26 Å². The summed E-state index contributed by atoms with van der Waals surface area (Å²) in [5, 5.41) is 55.0. The molecule has 0 radical (unpaired) electrons. The molecule has 15 rings (SSSR count). The lowest BCUT2D eigenvalue weighted by molar-refractivity contribution is -0.136. The molecule has 0 spiro atoms. The number of rotatable bonds is 31. The van der Waals surface area contributed by atoms with Crippen molar-refractivity contribution in [2.45, 2.75) is 31.2 Å². The van der Waals surface area contributed by atoms with Crippen molar-refractivity contribution in [2.24, 2.45) is 0 Å². The molecule has 0 saturated carbocycles. The Hall–Kier alpha value is -13.5. The molecule has 14 aromatic carbocycles. The van der Waals surface area contributed by atoms with Crippen molar-refractivity contribution < 1.29 is 139 Å². The number of aromatic carboxylic acids is 2. The average Bonchev–Trinajstić information content (AvgIpc) is 1.64. The summed E-state index contributed by atoms with van der Waals surface area (Å²) in [4.78, 5) is 45.1. The van der Waals surface area contributed by atoms with Crippen LogP contribution in [0, 0.1) is 11.3 Å². The minimum Gasteiger partial charge on any atom is -0.508 e. The first-order chi connectivity index (χ1) is 70.5. The van der Waals surface area contributed by atoms with Gasteiger partial charge in [0.05, 0.1) is 136 Å². The summed E-state index contributed by atoms with van der Waals surface area (Å²) in [6.45, 7) is -0.0935. The number of halogens is 9. The molecule has 772 valence electrons. The minimum atomic E-state index is -1.06. The number of aromatic hydroxyl groups is 1. The number of carbonyl (C=O) groups is 4. The van der Waals surface area contributed by atoms with E-state index in [2.05, 4.69) is 134 Å². The summed E-state index contributed by atoms with van der Waals surface area (Å²) in [7, 11) is 21.9. The first kappa shape index (κ1) is 119. The third-order valence-corrected chi connectivity index (χ3v) is 24.2. The number of aliphatic carboxylic acids is 1. The molecule has 0 amide bonds. The van der Waals surface area contributed by atoms with Gasteiger partial charge in [-0.3, -0.25) is 9.59 Å². The maximum atomic E-state index is 12.5. The molecule has 1 aliphatic rings. The number of phenolic OH excluding ortho intramolecular Hbond substituents is 1. The van der Waals surface area contributed by atoms with E-state index in [0.717, 1.165) is 59.1 Å². The number of ketones is 1. The number of carbonyl (C=O) groups excluding carboxylic acids is 1. The molecule has 1 aliphatic heterocycles. The van der Waals surface area contributed by atoms with E-state index in [4.69, 9.17) is 127 Å². The number of phenols is 1. The van der Waals surface area contributed by atoms with Gasteiger partial charge in [0.15, 0.2) is 5.78 Å². The molecule has 5 N–H and O–H groups in total. The lowest BCUT2D eigenvalue weighted by Crippen LogP contribution is -2.05. The average molecular weight is 2550 g/mol. The number of alkyl halides is 1. The number of aliphatic hydroxyl groups is 1. The Kier molecular flexibility index (Phi) is 49.0. The summed E-state index contributed by atoms with van der Waals surface area (Å²) in [5.74, 6) is 12.1. The molecule has 0 saturated heterocycles. The summed E-state index contributed by atoms with van der Waals surface area (Å²) >= 11 is 32.5. The number of hydrogen-bond donors (Lipinski definition) is 5. The summed E-state index contributed by atoms with van der Waals surface area (Å²) in [6, 6.07) is 73.5. The van der Waals surface area contributed by atoms with Crippen molar-refractivity contribution >= 4 is 163 Å². The van der Waals surface area contributed by atoms with Crippen LogP contribution in [0.15, 0.2) is 280 Å². The molecule has 0 atom stereocenters. The molecule has 0 aliphatic carbocycles. The van der Waals surface area contributed by atoms with Gasteiger partial charge in [0.25, 0.3) is 0 Å². The zero-order chi connectivity index (χ0) is 108. The molecular weight excluding hydrogens is 2450 g/mol. The van der Waals surface area contributed by atoms with Crippen LogP contribution in [-0.2, 0) is 36.0 Å². The van der Waals surface area contributed by atoms with Gasteiger partial charge in [0, 0.05) is 192 Å². The van der Waals surface area contributed by atoms with Crippen molar-refractivity contribution in [2.75, 3.05) is 99.5 Å². The monoisotopic (exact) mass is 2540 g/mol. The zero-order valence-corrected chi connectivity index (χ0v) is 94.5. The first-order valence-electron chi connectivity index (χ1n) is 42.8. The number of ether oxygens (including phenoxy) is 20. The van der Waals surface area contributed by atoms with Crippen LogP contribution in [0.25, 0.3) is 0 Å². The van der Waals surface area contributed by atoms with Crippen molar-refractivity contribution in [3.05, 3.63) is 330 Å². The molecule has 39 heteroatoms. The second-order valence-corrected chi connectivity index (χ2v) is 36.9. The molecule has 1 heterocycles. The smallest absolute Gasteiger partial charge is 0.339 e.